The van der Waals surface area contributed by atoms with E-state index >= 15 is 0 Å². The lowest BCUT2D eigenvalue weighted by molar-refractivity contribution is 0.629. The summed E-state index contributed by atoms with van der Waals surface area (Å²) < 4.78 is 13.4. The maximum atomic E-state index is 13.4. The first-order chi connectivity index (χ1) is 10.2. The molecule has 0 bridgehead atoms. The Balaban J connectivity index is 2.05. The van der Waals surface area contributed by atoms with Crippen LogP contribution in [-0.4, -0.2) is 4.98 Å². The summed E-state index contributed by atoms with van der Waals surface area (Å²) in [7, 11) is 0. The fourth-order valence-electron chi connectivity index (χ4n) is 2.38. The van der Waals surface area contributed by atoms with Crippen LogP contribution in [0.5, 0.6) is 0 Å². The molecule has 1 aromatic heterocycles. The van der Waals surface area contributed by atoms with E-state index in [1.165, 1.54) is 17.7 Å². The second-order valence-corrected chi connectivity index (χ2v) is 5.14. The summed E-state index contributed by atoms with van der Waals surface area (Å²) in [6.45, 7) is 2.05. The molecule has 0 fully saturated rings. The molecule has 0 spiro atoms. The number of aryl methyl sites for hydroxylation is 1. The van der Waals surface area contributed by atoms with Gasteiger partial charge in [0.2, 0.25) is 0 Å². The number of benzene rings is 2. The number of rotatable bonds is 3. The second kappa shape index (κ2) is 5.50. The number of pyridine rings is 1. The van der Waals surface area contributed by atoms with Crippen molar-refractivity contribution < 1.29 is 4.39 Å². The Bertz CT molecular complexity index is 782. The first-order valence-corrected chi connectivity index (χ1v) is 6.77. The van der Waals surface area contributed by atoms with Crippen LogP contribution < -0.4 is 11.3 Å². The number of hydrogen-bond acceptors (Lipinski definition) is 3. The molecule has 106 valence electrons. The third-order valence-corrected chi connectivity index (χ3v) is 3.51. The summed E-state index contributed by atoms with van der Waals surface area (Å²) in [5.74, 6) is 5.92. The van der Waals surface area contributed by atoms with Crippen LogP contribution in [-0.2, 0) is 6.42 Å². The quantitative estimate of drug-likeness (QED) is 0.570. The molecular formula is C17H16FN3. The minimum atomic E-state index is -0.265. The number of nitrogens with zero attached hydrogens (tertiary/aromatic N) is 1. The van der Waals surface area contributed by atoms with Gasteiger partial charge < -0.3 is 5.43 Å². The molecule has 3 aromatic rings. The Labute approximate surface area is 122 Å². The topological polar surface area (TPSA) is 50.9 Å². The van der Waals surface area contributed by atoms with E-state index in [4.69, 9.17) is 5.84 Å². The molecule has 0 saturated heterocycles. The fraction of sp³-hybridized carbons (Fsp3) is 0.118. The third kappa shape index (κ3) is 2.85. The van der Waals surface area contributed by atoms with Crippen LogP contribution in [0.4, 0.5) is 10.2 Å². The van der Waals surface area contributed by atoms with Crippen molar-refractivity contribution in [1.82, 2.24) is 4.98 Å². The molecule has 0 aliphatic rings. The molecule has 2 aromatic carbocycles. The lowest BCUT2D eigenvalue weighted by atomic mass is 10.0. The smallest absolute Gasteiger partial charge is 0.144 e. The Kier molecular flexibility index (Phi) is 3.54. The van der Waals surface area contributed by atoms with E-state index in [-0.39, 0.29) is 5.82 Å². The molecule has 21 heavy (non-hydrogen) atoms. The van der Waals surface area contributed by atoms with Crippen molar-refractivity contribution in [2.45, 2.75) is 13.3 Å². The first kappa shape index (κ1) is 13.5. The number of halogens is 1. The van der Waals surface area contributed by atoms with Crippen LogP contribution in [0.2, 0.25) is 0 Å². The number of fused-ring (bicyclic) bond motifs is 1. The minimum Gasteiger partial charge on any atom is -0.308 e. The molecule has 0 saturated carbocycles. The van der Waals surface area contributed by atoms with E-state index in [1.807, 2.05) is 6.07 Å². The van der Waals surface area contributed by atoms with Gasteiger partial charge in [-0.25, -0.2) is 15.2 Å². The van der Waals surface area contributed by atoms with E-state index < -0.39 is 0 Å². The minimum absolute atomic E-state index is 0.265. The molecule has 4 heteroatoms. The highest BCUT2D eigenvalue weighted by molar-refractivity contribution is 5.81. The van der Waals surface area contributed by atoms with Crippen LogP contribution in [0.3, 0.4) is 0 Å². The molecule has 0 amide bonds. The molecule has 0 aliphatic heterocycles. The number of hydrogen-bond donors (Lipinski definition) is 2. The van der Waals surface area contributed by atoms with E-state index in [2.05, 4.69) is 41.6 Å². The molecule has 3 rings (SSSR count). The maximum absolute atomic E-state index is 13.4. The average Bonchev–Trinajstić information content (AvgIpc) is 2.49. The highest BCUT2D eigenvalue weighted by atomic mass is 19.1. The molecule has 3 N–H and O–H groups in total. The molecule has 0 radical (unpaired) electrons. The summed E-state index contributed by atoms with van der Waals surface area (Å²) in [5, 5.41) is 0.774. The average molecular weight is 281 g/mol. The lowest BCUT2D eigenvalue weighted by Gasteiger charge is -2.10. The molecule has 1 heterocycles. The predicted molar refractivity (Wildman–Crippen MR) is 83.5 cm³/mol. The number of nitrogen functional groups attached to an aromatic ring is 1. The van der Waals surface area contributed by atoms with Crippen molar-refractivity contribution in [3.8, 4) is 0 Å². The number of nitrogens with one attached hydrogen (secondary N) is 1. The van der Waals surface area contributed by atoms with Gasteiger partial charge in [0.05, 0.1) is 5.52 Å². The third-order valence-electron chi connectivity index (χ3n) is 3.51. The van der Waals surface area contributed by atoms with Gasteiger partial charge in [-0.2, -0.15) is 0 Å². The van der Waals surface area contributed by atoms with Gasteiger partial charge in [-0.15, -0.1) is 0 Å². The summed E-state index contributed by atoms with van der Waals surface area (Å²) in [4.78, 5) is 4.45. The van der Waals surface area contributed by atoms with Crippen molar-refractivity contribution in [3.63, 3.8) is 0 Å². The van der Waals surface area contributed by atoms with E-state index in [0.717, 1.165) is 22.0 Å². The molecule has 0 unspecified atom stereocenters. The van der Waals surface area contributed by atoms with Gasteiger partial charge in [0.15, 0.2) is 0 Å². The SMILES string of the molecule is Cc1ccc(Cc2cc3cc(F)ccc3nc2NN)cc1. The highest BCUT2D eigenvalue weighted by Crippen LogP contribution is 2.23. The summed E-state index contributed by atoms with van der Waals surface area (Å²) >= 11 is 0. The molecule has 0 aliphatic carbocycles. The standard InChI is InChI=1S/C17H16FN3/c1-11-2-4-12(5-3-11)8-14-9-13-10-15(18)6-7-16(13)20-17(14)21-19/h2-7,9-10H,8,19H2,1H3,(H,20,21). The van der Waals surface area contributed by atoms with Gasteiger partial charge in [-0.3, -0.25) is 0 Å². The number of nitrogens with two attached hydrogens (primary N) is 1. The van der Waals surface area contributed by atoms with Crippen molar-refractivity contribution in [2.75, 3.05) is 5.43 Å². The van der Waals surface area contributed by atoms with Gasteiger partial charge in [0.1, 0.15) is 11.6 Å². The van der Waals surface area contributed by atoms with Crippen molar-refractivity contribution >= 4 is 16.7 Å². The second-order valence-electron chi connectivity index (χ2n) is 5.14. The first-order valence-electron chi connectivity index (χ1n) is 6.77. The zero-order valence-corrected chi connectivity index (χ0v) is 11.7. The number of aromatic nitrogens is 1. The lowest BCUT2D eigenvalue weighted by Crippen LogP contribution is -2.11. The zero-order valence-electron chi connectivity index (χ0n) is 11.7. The fourth-order valence-corrected chi connectivity index (χ4v) is 2.38. The van der Waals surface area contributed by atoms with Gasteiger partial charge in [-0.05, 0) is 36.8 Å². The maximum Gasteiger partial charge on any atom is 0.144 e. The van der Waals surface area contributed by atoms with Crippen LogP contribution >= 0.6 is 0 Å². The van der Waals surface area contributed by atoms with Crippen molar-refractivity contribution in [3.05, 3.63) is 71.0 Å². The largest absolute Gasteiger partial charge is 0.308 e. The Morgan fingerprint density at radius 2 is 1.86 bits per heavy atom. The number of anilines is 1. The van der Waals surface area contributed by atoms with Crippen molar-refractivity contribution in [1.29, 1.82) is 0 Å². The Hall–Kier alpha value is -2.46. The van der Waals surface area contributed by atoms with E-state index in [0.29, 0.717) is 12.2 Å². The van der Waals surface area contributed by atoms with Crippen LogP contribution in [0.1, 0.15) is 16.7 Å². The molecule has 3 nitrogen and oxygen atoms in total. The van der Waals surface area contributed by atoms with Gasteiger partial charge in [0.25, 0.3) is 0 Å². The zero-order chi connectivity index (χ0) is 14.8. The van der Waals surface area contributed by atoms with E-state index in [1.54, 1.807) is 6.07 Å². The monoisotopic (exact) mass is 281 g/mol. The Morgan fingerprint density at radius 3 is 2.57 bits per heavy atom. The van der Waals surface area contributed by atoms with E-state index in [9.17, 15) is 4.39 Å². The van der Waals surface area contributed by atoms with Crippen LogP contribution in [0, 0.1) is 12.7 Å². The summed E-state index contributed by atoms with van der Waals surface area (Å²) in [6, 6.07) is 14.8. The predicted octanol–water partition coefficient (Wildman–Crippen LogP) is 3.56. The molecular weight excluding hydrogens is 265 g/mol. The number of hydrazine groups is 1. The van der Waals surface area contributed by atoms with Gasteiger partial charge >= 0.3 is 0 Å². The summed E-state index contributed by atoms with van der Waals surface area (Å²) in [5.41, 5.74) is 6.67. The van der Waals surface area contributed by atoms with Crippen LogP contribution in [0.25, 0.3) is 10.9 Å². The van der Waals surface area contributed by atoms with Crippen LogP contribution in [0.15, 0.2) is 48.5 Å². The molecule has 0 atom stereocenters. The Morgan fingerprint density at radius 1 is 1.10 bits per heavy atom. The van der Waals surface area contributed by atoms with Gasteiger partial charge in [0, 0.05) is 17.4 Å². The summed E-state index contributed by atoms with van der Waals surface area (Å²) in [6.07, 6.45) is 0.694. The normalized spacial score (nSPS) is 10.8. The van der Waals surface area contributed by atoms with Gasteiger partial charge in [-0.1, -0.05) is 29.8 Å². The van der Waals surface area contributed by atoms with Crippen molar-refractivity contribution in [2.24, 2.45) is 5.84 Å². The highest BCUT2D eigenvalue weighted by Gasteiger charge is 2.08.